The van der Waals surface area contributed by atoms with E-state index in [0.717, 1.165) is 12.1 Å². The number of halogens is 3. The maximum Gasteiger partial charge on any atom is 0.416 e. The number of benzene rings is 2. The molecule has 3 aromatic rings. The molecule has 9 heteroatoms. The molecule has 2 aromatic carbocycles. The number of ether oxygens (including phenoxy) is 2. The summed E-state index contributed by atoms with van der Waals surface area (Å²) in [7, 11) is 3.03. The SMILES string of the molecule is COc1ccc([C@H](N)c2nc(-c3cccc(C(F)(F)F)c3)n[nH]2)cc1OC. The number of rotatable bonds is 5. The summed E-state index contributed by atoms with van der Waals surface area (Å²) in [4.78, 5) is 4.25. The molecule has 142 valence electrons. The van der Waals surface area contributed by atoms with E-state index in [4.69, 9.17) is 15.2 Å². The Morgan fingerprint density at radius 2 is 1.78 bits per heavy atom. The van der Waals surface area contributed by atoms with Gasteiger partial charge < -0.3 is 15.2 Å². The highest BCUT2D eigenvalue weighted by Crippen LogP contribution is 2.33. The van der Waals surface area contributed by atoms with Crippen LogP contribution in [0.4, 0.5) is 13.2 Å². The minimum absolute atomic E-state index is 0.132. The highest BCUT2D eigenvalue weighted by Gasteiger charge is 2.30. The van der Waals surface area contributed by atoms with Gasteiger partial charge in [0.2, 0.25) is 0 Å². The van der Waals surface area contributed by atoms with Gasteiger partial charge in [-0.25, -0.2) is 4.98 Å². The summed E-state index contributed by atoms with van der Waals surface area (Å²) in [6, 6.07) is 9.29. The van der Waals surface area contributed by atoms with Gasteiger partial charge in [-0.05, 0) is 29.8 Å². The van der Waals surface area contributed by atoms with Crippen LogP contribution in [0.5, 0.6) is 11.5 Å². The van der Waals surface area contributed by atoms with Gasteiger partial charge in [0.05, 0.1) is 25.8 Å². The molecule has 27 heavy (non-hydrogen) atoms. The van der Waals surface area contributed by atoms with Crippen LogP contribution in [0.25, 0.3) is 11.4 Å². The Morgan fingerprint density at radius 3 is 2.44 bits per heavy atom. The molecular weight excluding hydrogens is 361 g/mol. The van der Waals surface area contributed by atoms with E-state index in [0.29, 0.717) is 22.9 Å². The lowest BCUT2D eigenvalue weighted by molar-refractivity contribution is -0.137. The van der Waals surface area contributed by atoms with Crippen molar-refractivity contribution in [2.24, 2.45) is 5.73 Å². The zero-order chi connectivity index (χ0) is 19.6. The first kappa shape index (κ1) is 18.7. The van der Waals surface area contributed by atoms with Gasteiger partial charge in [0.25, 0.3) is 0 Å². The zero-order valence-corrected chi connectivity index (χ0v) is 14.5. The summed E-state index contributed by atoms with van der Waals surface area (Å²) in [5.41, 5.74) is 6.37. The number of hydrogen-bond acceptors (Lipinski definition) is 5. The molecule has 0 saturated carbocycles. The number of alkyl halides is 3. The van der Waals surface area contributed by atoms with Crippen molar-refractivity contribution in [1.82, 2.24) is 15.2 Å². The van der Waals surface area contributed by atoms with E-state index in [2.05, 4.69) is 15.2 Å². The number of nitrogens with one attached hydrogen (secondary N) is 1. The lowest BCUT2D eigenvalue weighted by Crippen LogP contribution is -2.14. The number of H-pyrrole nitrogens is 1. The Balaban J connectivity index is 1.90. The van der Waals surface area contributed by atoms with Gasteiger partial charge in [-0.1, -0.05) is 18.2 Å². The Kier molecular flexibility index (Phi) is 5.04. The monoisotopic (exact) mass is 378 g/mol. The first-order valence-corrected chi connectivity index (χ1v) is 7.91. The van der Waals surface area contributed by atoms with Crippen LogP contribution in [0, 0.1) is 0 Å². The molecule has 0 bridgehead atoms. The second kappa shape index (κ2) is 7.28. The molecule has 0 saturated heterocycles. The zero-order valence-electron chi connectivity index (χ0n) is 14.5. The predicted octanol–water partition coefficient (Wildman–Crippen LogP) is 3.56. The van der Waals surface area contributed by atoms with Gasteiger partial charge in [-0.15, -0.1) is 0 Å². The molecule has 0 unspecified atom stereocenters. The fraction of sp³-hybridized carbons (Fsp3) is 0.222. The molecule has 3 rings (SSSR count). The van der Waals surface area contributed by atoms with E-state index in [-0.39, 0.29) is 11.4 Å². The maximum absolute atomic E-state index is 12.9. The lowest BCUT2D eigenvalue weighted by Gasteiger charge is -2.13. The van der Waals surface area contributed by atoms with Gasteiger partial charge in [-0.2, -0.15) is 18.3 Å². The fourth-order valence-electron chi connectivity index (χ4n) is 2.58. The average Bonchev–Trinajstić information content (AvgIpc) is 3.16. The molecule has 0 fully saturated rings. The van der Waals surface area contributed by atoms with Gasteiger partial charge in [0, 0.05) is 5.56 Å². The van der Waals surface area contributed by atoms with E-state index in [9.17, 15) is 13.2 Å². The summed E-state index contributed by atoms with van der Waals surface area (Å²) >= 11 is 0. The summed E-state index contributed by atoms with van der Waals surface area (Å²) in [6.45, 7) is 0. The van der Waals surface area contributed by atoms with Gasteiger partial charge in [0.15, 0.2) is 17.3 Å². The van der Waals surface area contributed by atoms with Crippen LogP contribution >= 0.6 is 0 Å². The number of aromatic amines is 1. The lowest BCUT2D eigenvalue weighted by atomic mass is 10.1. The van der Waals surface area contributed by atoms with Crippen LogP contribution < -0.4 is 15.2 Å². The minimum atomic E-state index is -4.44. The second-order valence-electron chi connectivity index (χ2n) is 5.71. The van der Waals surface area contributed by atoms with E-state index in [1.54, 1.807) is 18.2 Å². The number of nitrogens with zero attached hydrogens (tertiary/aromatic N) is 2. The van der Waals surface area contributed by atoms with Crippen molar-refractivity contribution < 1.29 is 22.6 Å². The molecule has 0 aliphatic heterocycles. The minimum Gasteiger partial charge on any atom is -0.493 e. The quantitative estimate of drug-likeness (QED) is 0.709. The average molecular weight is 378 g/mol. The normalized spacial score (nSPS) is 12.7. The Morgan fingerprint density at radius 1 is 1.04 bits per heavy atom. The molecule has 0 amide bonds. The largest absolute Gasteiger partial charge is 0.493 e. The van der Waals surface area contributed by atoms with Crippen LogP contribution in [0.15, 0.2) is 42.5 Å². The van der Waals surface area contributed by atoms with Crippen molar-refractivity contribution in [3.05, 3.63) is 59.4 Å². The first-order valence-electron chi connectivity index (χ1n) is 7.91. The third-order valence-electron chi connectivity index (χ3n) is 4.01. The van der Waals surface area contributed by atoms with Crippen LogP contribution in [-0.4, -0.2) is 29.4 Å². The smallest absolute Gasteiger partial charge is 0.416 e. The molecule has 0 radical (unpaired) electrons. The molecule has 0 aliphatic carbocycles. The number of nitrogens with two attached hydrogens (primary N) is 1. The molecule has 6 nitrogen and oxygen atoms in total. The highest BCUT2D eigenvalue weighted by molar-refractivity contribution is 5.56. The molecule has 0 spiro atoms. The van der Waals surface area contributed by atoms with Crippen molar-refractivity contribution in [1.29, 1.82) is 0 Å². The topological polar surface area (TPSA) is 86.0 Å². The molecule has 1 atom stereocenters. The summed E-state index contributed by atoms with van der Waals surface area (Å²) < 4.78 is 49.1. The van der Waals surface area contributed by atoms with Crippen molar-refractivity contribution in [3.8, 4) is 22.9 Å². The molecule has 0 aliphatic rings. The summed E-state index contributed by atoms with van der Waals surface area (Å²) in [5.74, 6) is 1.50. The Bertz CT molecular complexity index is 940. The van der Waals surface area contributed by atoms with Crippen molar-refractivity contribution in [3.63, 3.8) is 0 Å². The standard InChI is InChI=1S/C18H17F3N4O2/c1-26-13-7-6-10(9-14(13)27-2)15(22)17-23-16(24-25-17)11-4-3-5-12(8-11)18(19,20)21/h3-9,15H,22H2,1-2H3,(H,23,24,25)/t15-/m0/s1. The number of methoxy groups -OCH3 is 2. The highest BCUT2D eigenvalue weighted by atomic mass is 19.4. The second-order valence-corrected chi connectivity index (χ2v) is 5.71. The Labute approximate surface area is 153 Å². The Hall–Kier alpha value is -3.07. The van der Waals surface area contributed by atoms with Crippen LogP contribution in [-0.2, 0) is 6.18 Å². The van der Waals surface area contributed by atoms with Crippen molar-refractivity contribution in [2.75, 3.05) is 14.2 Å². The van der Waals surface area contributed by atoms with Crippen molar-refractivity contribution >= 4 is 0 Å². The van der Waals surface area contributed by atoms with E-state index in [1.807, 2.05) is 0 Å². The van der Waals surface area contributed by atoms with Crippen LogP contribution in [0.3, 0.4) is 0 Å². The third kappa shape index (κ3) is 3.87. The number of aromatic nitrogens is 3. The van der Waals surface area contributed by atoms with Gasteiger partial charge in [0.1, 0.15) is 5.82 Å². The molecule has 3 N–H and O–H groups in total. The number of hydrogen-bond donors (Lipinski definition) is 2. The molecular formula is C18H17F3N4O2. The van der Waals surface area contributed by atoms with Crippen LogP contribution in [0.2, 0.25) is 0 Å². The van der Waals surface area contributed by atoms with Crippen LogP contribution in [0.1, 0.15) is 23.0 Å². The summed E-state index contributed by atoms with van der Waals surface area (Å²) in [6.07, 6.45) is -4.44. The first-order chi connectivity index (χ1) is 12.8. The third-order valence-corrected chi connectivity index (χ3v) is 4.01. The molecule has 1 heterocycles. The van der Waals surface area contributed by atoms with E-state index in [1.165, 1.54) is 26.4 Å². The van der Waals surface area contributed by atoms with Gasteiger partial charge >= 0.3 is 6.18 Å². The van der Waals surface area contributed by atoms with Crippen molar-refractivity contribution in [2.45, 2.75) is 12.2 Å². The molecule has 1 aromatic heterocycles. The predicted molar refractivity (Wildman–Crippen MR) is 92.4 cm³/mol. The van der Waals surface area contributed by atoms with Gasteiger partial charge in [-0.3, -0.25) is 5.10 Å². The van der Waals surface area contributed by atoms with E-state index < -0.39 is 17.8 Å². The summed E-state index contributed by atoms with van der Waals surface area (Å²) in [5, 5.41) is 6.68. The van der Waals surface area contributed by atoms with E-state index >= 15 is 0 Å². The fourth-order valence-corrected chi connectivity index (χ4v) is 2.58. The maximum atomic E-state index is 12.9.